The molecule has 0 aliphatic carbocycles. The highest BCUT2D eigenvalue weighted by molar-refractivity contribution is 8.01. The van der Waals surface area contributed by atoms with Gasteiger partial charge in [0.2, 0.25) is 5.91 Å². The van der Waals surface area contributed by atoms with E-state index in [1.165, 1.54) is 11.8 Å². The molecule has 1 aliphatic rings. The van der Waals surface area contributed by atoms with E-state index in [0.29, 0.717) is 11.7 Å². The maximum absolute atomic E-state index is 10.9. The molecule has 3 nitrogen and oxygen atoms in total. The molecule has 0 bridgehead atoms. The maximum atomic E-state index is 10.9. The molecule has 0 spiro atoms. The molecule has 0 saturated carbocycles. The molecular formula is C7H10NO2S. The Morgan fingerprint density at radius 1 is 1.55 bits per heavy atom. The van der Waals surface area contributed by atoms with Gasteiger partial charge in [0.1, 0.15) is 0 Å². The van der Waals surface area contributed by atoms with Gasteiger partial charge in [0.25, 0.3) is 5.91 Å². The number of imide groups is 1. The maximum Gasteiger partial charge on any atom is 0.262 e. The molecule has 1 atom stereocenters. The predicted octanol–water partition coefficient (Wildman–Crippen LogP) is 0.558. The lowest BCUT2D eigenvalue weighted by molar-refractivity contribution is -0.125. The first-order valence-corrected chi connectivity index (χ1v) is 4.47. The Kier molecular flexibility index (Phi) is 2.54. The first-order valence-electron chi connectivity index (χ1n) is 3.53. The zero-order chi connectivity index (χ0) is 8.43. The van der Waals surface area contributed by atoms with Crippen LogP contribution in [0.3, 0.4) is 0 Å². The van der Waals surface area contributed by atoms with Gasteiger partial charge in [0.15, 0.2) is 0 Å². The van der Waals surface area contributed by atoms with E-state index in [1.807, 2.05) is 13.8 Å². The van der Waals surface area contributed by atoms with Crippen molar-refractivity contribution in [2.45, 2.75) is 30.8 Å². The van der Waals surface area contributed by atoms with E-state index >= 15 is 0 Å². The van der Waals surface area contributed by atoms with Crippen LogP contribution >= 0.6 is 11.8 Å². The molecule has 61 valence electrons. The lowest BCUT2D eigenvalue weighted by Gasteiger charge is -2.06. The van der Waals surface area contributed by atoms with Crippen LogP contribution in [-0.2, 0) is 9.59 Å². The Labute approximate surface area is 69.9 Å². The van der Waals surface area contributed by atoms with Crippen molar-refractivity contribution in [1.29, 1.82) is 0 Å². The van der Waals surface area contributed by atoms with E-state index < -0.39 is 0 Å². The summed E-state index contributed by atoms with van der Waals surface area (Å²) in [6.07, 6.45) is 0.293. The van der Waals surface area contributed by atoms with Crippen LogP contribution in [0.1, 0.15) is 20.3 Å². The standard InChI is InChI=1S/C7H10NO2S/c1-4(2)11-5-3-6(9)8-7(5)10/h4-5H,3H2,1-2H3. The molecule has 1 rings (SSSR count). The second kappa shape index (κ2) is 3.26. The van der Waals surface area contributed by atoms with Gasteiger partial charge in [-0.15, -0.1) is 11.8 Å². The SMILES string of the molecule is CC(C)SC1CC(=O)[N]C1=O. The first kappa shape index (κ1) is 8.59. The fourth-order valence-corrected chi connectivity index (χ4v) is 1.99. The summed E-state index contributed by atoms with van der Waals surface area (Å²) < 4.78 is 0. The Morgan fingerprint density at radius 3 is 2.55 bits per heavy atom. The lowest BCUT2D eigenvalue weighted by atomic mass is 10.4. The summed E-state index contributed by atoms with van der Waals surface area (Å²) in [5.41, 5.74) is 0. The summed E-state index contributed by atoms with van der Waals surface area (Å²) in [5.74, 6) is -0.526. The number of carbonyl (C=O) groups excluding carboxylic acids is 2. The third-order valence-corrected chi connectivity index (χ3v) is 2.55. The van der Waals surface area contributed by atoms with E-state index in [2.05, 4.69) is 5.32 Å². The van der Waals surface area contributed by atoms with Crippen LogP contribution in [0.5, 0.6) is 0 Å². The van der Waals surface area contributed by atoms with Gasteiger partial charge in [-0.1, -0.05) is 13.8 Å². The van der Waals surface area contributed by atoms with Gasteiger partial charge >= 0.3 is 0 Å². The van der Waals surface area contributed by atoms with Crippen LogP contribution < -0.4 is 5.32 Å². The summed E-state index contributed by atoms with van der Waals surface area (Å²) in [6.45, 7) is 4.00. The molecule has 2 amide bonds. The Bertz CT molecular complexity index is 191. The highest BCUT2D eigenvalue weighted by Gasteiger charge is 2.33. The second-order valence-electron chi connectivity index (χ2n) is 2.72. The molecule has 0 aromatic rings. The van der Waals surface area contributed by atoms with Gasteiger partial charge in [-0.05, 0) is 5.25 Å². The van der Waals surface area contributed by atoms with Crippen molar-refractivity contribution in [2.75, 3.05) is 0 Å². The fourth-order valence-electron chi connectivity index (χ4n) is 0.921. The highest BCUT2D eigenvalue weighted by atomic mass is 32.2. The van der Waals surface area contributed by atoms with Gasteiger partial charge in [0, 0.05) is 6.42 Å². The summed E-state index contributed by atoms with van der Waals surface area (Å²) in [4.78, 5) is 21.6. The van der Waals surface area contributed by atoms with E-state index in [9.17, 15) is 9.59 Å². The van der Waals surface area contributed by atoms with Crippen LogP contribution in [0.2, 0.25) is 0 Å². The third kappa shape index (κ3) is 2.22. The minimum Gasteiger partial charge on any atom is -0.272 e. The largest absolute Gasteiger partial charge is 0.272 e. The topological polar surface area (TPSA) is 48.2 Å². The Balaban J connectivity index is 2.47. The van der Waals surface area contributed by atoms with Crippen LogP contribution in [0.25, 0.3) is 0 Å². The zero-order valence-corrected chi connectivity index (χ0v) is 7.35. The zero-order valence-electron chi connectivity index (χ0n) is 6.53. The van der Waals surface area contributed by atoms with Crippen LogP contribution in [0.15, 0.2) is 0 Å². The third-order valence-electron chi connectivity index (χ3n) is 1.31. The van der Waals surface area contributed by atoms with E-state index in [1.54, 1.807) is 0 Å². The van der Waals surface area contributed by atoms with E-state index in [-0.39, 0.29) is 17.1 Å². The van der Waals surface area contributed by atoms with Gasteiger partial charge in [-0.25, -0.2) is 0 Å². The summed E-state index contributed by atoms with van der Waals surface area (Å²) in [5, 5.41) is 3.50. The number of rotatable bonds is 2. The van der Waals surface area contributed by atoms with E-state index in [4.69, 9.17) is 0 Å². The number of hydrogen-bond acceptors (Lipinski definition) is 3. The fraction of sp³-hybridized carbons (Fsp3) is 0.714. The van der Waals surface area contributed by atoms with Gasteiger partial charge in [-0.2, -0.15) is 5.32 Å². The quantitative estimate of drug-likeness (QED) is 0.572. The average Bonchev–Trinajstić information content (AvgIpc) is 2.09. The number of nitrogens with zero attached hydrogens (tertiary/aromatic N) is 1. The minimum atomic E-state index is -0.270. The van der Waals surface area contributed by atoms with Crippen LogP contribution in [0.4, 0.5) is 0 Å². The first-order chi connectivity index (χ1) is 5.09. The second-order valence-corrected chi connectivity index (χ2v) is 4.51. The molecule has 1 unspecified atom stereocenters. The highest BCUT2D eigenvalue weighted by Crippen LogP contribution is 2.23. The molecule has 1 fully saturated rings. The molecule has 1 radical (unpaired) electrons. The van der Waals surface area contributed by atoms with Crippen LogP contribution in [-0.4, -0.2) is 22.3 Å². The molecular weight excluding hydrogens is 162 g/mol. The van der Waals surface area contributed by atoms with Crippen molar-refractivity contribution in [3.8, 4) is 0 Å². The van der Waals surface area contributed by atoms with Crippen molar-refractivity contribution < 1.29 is 9.59 Å². The molecule has 1 heterocycles. The molecule has 0 aromatic heterocycles. The molecule has 0 aromatic carbocycles. The normalized spacial score (nSPS) is 24.5. The summed E-state index contributed by atoms with van der Waals surface area (Å²) in [7, 11) is 0. The average molecular weight is 172 g/mol. The van der Waals surface area contributed by atoms with Gasteiger partial charge < -0.3 is 0 Å². The van der Waals surface area contributed by atoms with Gasteiger partial charge in [0.05, 0.1) is 5.25 Å². The molecule has 1 aliphatic heterocycles. The predicted molar refractivity (Wildman–Crippen MR) is 43.3 cm³/mol. The number of carbonyl (C=O) groups is 2. The van der Waals surface area contributed by atoms with Crippen molar-refractivity contribution in [3.05, 3.63) is 0 Å². The smallest absolute Gasteiger partial charge is 0.262 e. The van der Waals surface area contributed by atoms with Gasteiger partial charge in [-0.3, -0.25) is 9.59 Å². The number of hydrogen-bond donors (Lipinski definition) is 0. The molecule has 11 heavy (non-hydrogen) atoms. The lowest BCUT2D eigenvalue weighted by Crippen LogP contribution is -2.17. The van der Waals surface area contributed by atoms with Crippen molar-refractivity contribution >= 4 is 23.6 Å². The number of thioether (sulfide) groups is 1. The Morgan fingerprint density at radius 2 is 2.18 bits per heavy atom. The summed E-state index contributed by atoms with van der Waals surface area (Å²) in [6, 6.07) is 0. The van der Waals surface area contributed by atoms with Crippen molar-refractivity contribution in [1.82, 2.24) is 5.32 Å². The Hall–Kier alpha value is -0.510. The van der Waals surface area contributed by atoms with Crippen molar-refractivity contribution in [2.24, 2.45) is 0 Å². The minimum absolute atomic E-state index is 0.206. The number of amides is 2. The van der Waals surface area contributed by atoms with E-state index in [0.717, 1.165) is 0 Å². The molecule has 4 heteroatoms. The molecule has 1 saturated heterocycles. The monoisotopic (exact) mass is 172 g/mol. The van der Waals surface area contributed by atoms with Crippen LogP contribution in [0, 0.1) is 0 Å². The molecule has 0 N–H and O–H groups in total. The van der Waals surface area contributed by atoms with Crippen molar-refractivity contribution in [3.63, 3.8) is 0 Å². The summed E-state index contributed by atoms with van der Waals surface area (Å²) >= 11 is 1.51.